The summed E-state index contributed by atoms with van der Waals surface area (Å²) in [6, 6.07) is 2.02. The Balaban J connectivity index is 2.17. The van der Waals surface area contributed by atoms with Crippen molar-refractivity contribution in [3.05, 3.63) is 0 Å². The number of nitrogens with one attached hydrogen (secondary N) is 1. The van der Waals surface area contributed by atoms with E-state index in [-0.39, 0.29) is 6.23 Å². The van der Waals surface area contributed by atoms with Crippen LogP contribution >= 0.6 is 0 Å². The van der Waals surface area contributed by atoms with E-state index in [1.54, 1.807) is 0 Å². The number of rotatable bonds is 1. The molecule has 3 heteroatoms. The Morgan fingerprint density at radius 2 is 2.75 bits per heavy atom. The quantitative estimate of drug-likeness (QED) is 0.513. The first-order chi connectivity index (χ1) is 3.93. The summed E-state index contributed by atoms with van der Waals surface area (Å²) in [6.07, 6.45) is 0.458. The minimum absolute atomic E-state index is 0.000000000000000222. The molecule has 0 spiro atoms. The summed E-state index contributed by atoms with van der Waals surface area (Å²) >= 11 is 0. The van der Waals surface area contributed by atoms with Crippen molar-refractivity contribution in [2.24, 2.45) is 0 Å². The fraction of sp³-hybridized carbons (Fsp3) is 0.800. The summed E-state index contributed by atoms with van der Waals surface area (Å²) in [6.45, 7) is 1.62. The molecule has 1 rings (SSSR count). The lowest BCUT2D eigenvalue weighted by Crippen LogP contribution is -2.21. The van der Waals surface area contributed by atoms with Gasteiger partial charge in [-0.3, -0.25) is 5.32 Å². The second kappa shape index (κ2) is 2.65. The minimum Gasteiger partial charge on any atom is -0.361 e. The molecule has 1 fully saturated rings. The molecule has 1 aliphatic rings. The van der Waals surface area contributed by atoms with Crippen LogP contribution in [0.25, 0.3) is 0 Å². The topological polar surface area (TPSA) is 45.0 Å². The van der Waals surface area contributed by atoms with Gasteiger partial charge in [0.15, 0.2) is 0 Å². The van der Waals surface area contributed by atoms with E-state index >= 15 is 0 Å². The van der Waals surface area contributed by atoms with Gasteiger partial charge in [0.1, 0.15) is 6.23 Å². The summed E-state index contributed by atoms with van der Waals surface area (Å²) in [4.78, 5) is 0. The van der Waals surface area contributed by atoms with Crippen LogP contribution in [0.4, 0.5) is 0 Å². The molecule has 1 atom stereocenters. The molecule has 0 aromatic rings. The van der Waals surface area contributed by atoms with Gasteiger partial charge in [-0.25, -0.2) is 0 Å². The summed E-state index contributed by atoms with van der Waals surface area (Å²) in [5.41, 5.74) is 0. The molecule has 3 nitrogen and oxygen atoms in total. The van der Waals surface area contributed by atoms with Gasteiger partial charge in [0.2, 0.25) is 0 Å². The third-order valence-corrected chi connectivity index (χ3v) is 1.07. The first-order valence-electron chi connectivity index (χ1n) is 2.65. The SMILES string of the molecule is N#CCC1NCCO1. The second-order valence-corrected chi connectivity index (χ2v) is 1.68. The smallest absolute Gasteiger partial charge is 0.121 e. The molecule has 1 aliphatic heterocycles. The van der Waals surface area contributed by atoms with Gasteiger partial charge in [0.25, 0.3) is 0 Å². The Labute approximate surface area is 48.2 Å². The highest BCUT2D eigenvalue weighted by atomic mass is 16.5. The molecule has 44 valence electrons. The van der Waals surface area contributed by atoms with Crippen LogP contribution in [0.15, 0.2) is 0 Å². The molecule has 1 heterocycles. The lowest BCUT2D eigenvalue weighted by atomic mass is 10.4. The first kappa shape index (κ1) is 5.54. The maximum Gasteiger partial charge on any atom is 0.121 e. The predicted molar refractivity (Wildman–Crippen MR) is 28.0 cm³/mol. The van der Waals surface area contributed by atoms with Crippen molar-refractivity contribution in [3.63, 3.8) is 0 Å². The number of nitrogens with zero attached hydrogens (tertiary/aromatic N) is 1. The summed E-state index contributed by atoms with van der Waals surface area (Å²) < 4.78 is 5.06. The van der Waals surface area contributed by atoms with Crippen LogP contribution in [-0.2, 0) is 4.74 Å². The average molecular weight is 112 g/mol. The van der Waals surface area contributed by atoms with Crippen molar-refractivity contribution in [2.75, 3.05) is 13.2 Å². The predicted octanol–water partition coefficient (Wildman–Crippen LogP) is -0.154. The molecule has 8 heavy (non-hydrogen) atoms. The van der Waals surface area contributed by atoms with Crippen LogP contribution < -0.4 is 5.32 Å². The maximum atomic E-state index is 8.16. The third kappa shape index (κ3) is 1.19. The van der Waals surface area contributed by atoms with Crippen LogP contribution in [0.2, 0.25) is 0 Å². The zero-order chi connectivity index (χ0) is 5.82. The van der Waals surface area contributed by atoms with Crippen molar-refractivity contribution in [1.82, 2.24) is 5.32 Å². The van der Waals surface area contributed by atoms with Gasteiger partial charge < -0.3 is 4.74 Å². The molecule has 0 amide bonds. The van der Waals surface area contributed by atoms with Gasteiger partial charge in [-0.2, -0.15) is 5.26 Å². The van der Waals surface area contributed by atoms with E-state index in [2.05, 4.69) is 5.32 Å². The molecule has 0 saturated carbocycles. The molecular formula is C5H8N2O. The highest BCUT2D eigenvalue weighted by Crippen LogP contribution is 1.97. The fourth-order valence-electron chi connectivity index (χ4n) is 0.694. The molecule has 0 radical (unpaired) electrons. The van der Waals surface area contributed by atoms with Crippen LogP contribution in [-0.4, -0.2) is 19.4 Å². The van der Waals surface area contributed by atoms with Gasteiger partial charge in [-0.05, 0) is 0 Å². The Hall–Kier alpha value is -0.590. The van der Waals surface area contributed by atoms with Crippen molar-refractivity contribution in [2.45, 2.75) is 12.6 Å². The largest absolute Gasteiger partial charge is 0.361 e. The molecule has 0 aromatic carbocycles. The molecular weight excluding hydrogens is 104 g/mol. The zero-order valence-corrected chi connectivity index (χ0v) is 4.55. The van der Waals surface area contributed by atoms with E-state index < -0.39 is 0 Å². The van der Waals surface area contributed by atoms with Crippen molar-refractivity contribution in [1.29, 1.82) is 5.26 Å². The Morgan fingerprint density at radius 3 is 3.25 bits per heavy atom. The molecule has 1 N–H and O–H groups in total. The van der Waals surface area contributed by atoms with Crippen molar-refractivity contribution >= 4 is 0 Å². The number of ether oxygens (including phenoxy) is 1. The van der Waals surface area contributed by atoms with E-state index in [0.29, 0.717) is 6.42 Å². The van der Waals surface area contributed by atoms with Gasteiger partial charge in [0, 0.05) is 6.54 Å². The number of hydrogen-bond acceptors (Lipinski definition) is 3. The highest BCUT2D eigenvalue weighted by molar-refractivity contribution is 4.77. The Morgan fingerprint density at radius 1 is 1.88 bits per heavy atom. The molecule has 0 bridgehead atoms. The molecule has 1 unspecified atom stereocenters. The summed E-state index contributed by atoms with van der Waals surface area (Å²) in [7, 11) is 0. The van der Waals surface area contributed by atoms with Gasteiger partial charge in [-0.15, -0.1) is 0 Å². The highest BCUT2D eigenvalue weighted by Gasteiger charge is 2.12. The van der Waals surface area contributed by atoms with Crippen LogP contribution in [0.5, 0.6) is 0 Å². The van der Waals surface area contributed by atoms with E-state index in [1.807, 2.05) is 6.07 Å². The van der Waals surface area contributed by atoms with Gasteiger partial charge in [0.05, 0.1) is 19.1 Å². The standard InChI is InChI=1S/C5H8N2O/c6-2-1-5-7-3-4-8-5/h5,7H,1,3-4H2. The average Bonchev–Trinajstić information content (AvgIpc) is 2.19. The summed E-state index contributed by atoms with van der Waals surface area (Å²) in [5.74, 6) is 0. The minimum atomic E-state index is -0.000000000000000222. The number of nitriles is 1. The molecule has 1 saturated heterocycles. The molecule has 0 aromatic heterocycles. The van der Waals surface area contributed by atoms with Crippen molar-refractivity contribution in [3.8, 4) is 6.07 Å². The van der Waals surface area contributed by atoms with Crippen LogP contribution in [0.1, 0.15) is 6.42 Å². The Kier molecular flexibility index (Phi) is 1.84. The van der Waals surface area contributed by atoms with Crippen LogP contribution in [0.3, 0.4) is 0 Å². The Bertz CT molecular complexity index is 101. The normalized spacial score (nSPS) is 27.6. The first-order valence-corrected chi connectivity index (χ1v) is 2.65. The number of hydrogen-bond donors (Lipinski definition) is 1. The van der Waals surface area contributed by atoms with E-state index in [9.17, 15) is 0 Å². The van der Waals surface area contributed by atoms with Gasteiger partial charge in [-0.1, -0.05) is 0 Å². The van der Waals surface area contributed by atoms with E-state index in [0.717, 1.165) is 13.2 Å². The van der Waals surface area contributed by atoms with Crippen LogP contribution in [0, 0.1) is 11.3 Å². The van der Waals surface area contributed by atoms with Crippen molar-refractivity contribution < 1.29 is 4.74 Å². The zero-order valence-electron chi connectivity index (χ0n) is 4.55. The van der Waals surface area contributed by atoms with E-state index in [4.69, 9.17) is 10.00 Å². The monoisotopic (exact) mass is 112 g/mol. The second-order valence-electron chi connectivity index (χ2n) is 1.68. The maximum absolute atomic E-state index is 8.16. The third-order valence-electron chi connectivity index (χ3n) is 1.07. The summed E-state index contributed by atoms with van der Waals surface area (Å²) in [5, 5.41) is 11.2. The lowest BCUT2D eigenvalue weighted by molar-refractivity contribution is 0.105. The van der Waals surface area contributed by atoms with Gasteiger partial charge >= 0.3 is 0 Å². The molecule has 0 aliphatic carbocycles. The lowest BCUT2D eigenvalue weighted by Gasteiger charge is -2.00. The van der Waals surface area contributed by atoms with E-state index in [1.165, 1.54) is 0 Å². The fourth-order valence-corrected chi connectivity index (χ4v) is 0.694.